The molecule has 2 saturated carbocycles. The first-order valence-electron chi connectivity index (χ1n) is 12.7. The Labute approximate surface area is 224 Å². The number of carbonyl (C=O) groups is 2. The van der Waals surface area contributed by atoms with Crippen LogP contribution in [-0.2, 0) is 19.7 Å². The summed E-state index contributed by atoms with van der Waals surface area (Å²) in [6.07, 6.45) is 8.83. The zero-order valence-corrected chi connectivity index (χ0v) is 22.9. The third kappa shape index (κ3) is 5.41. The molecule has 1 amide bonds. The van der Waals surface area contributed by atoms with Gasteiger partial charge in [-0.25, -0.2) is 0 Å². The lowest BCUT2D eigenvalue weighted by atomic mass is 9.55. The number of piperidine rings is 1. The van der Waals surface area contributed by atoms with Crippen molar-refractivity contribution < 1.29 is 19.4 Å². The molecule has 1 aliphatic heterocycles. The van der Waals surface area contributed by atoms with E-state index in [-0.39, 0.29) is 23.7 Å². The van der Waals surface area contributed by atoms with E-state index in [1.54, 1.807) is 23.5 Å². The number of phenols is 1. The van der Waals surface area contributed by atoms with Crippen molar-refractivity contribution in [3.63, 3.8) is 0 Å². The van der Waals surface area contributed by atoms with Crippen molar-refractivity contribution in [2.75, 3.05) is 19.6 Å². The second-order valence-corrected chi connectivity index (χ2v) is 12.5. The van der Waals surface area contributed by atoms with Gasteiger partial charge in [0.15, 0.2) is 0 Å². The van der Waals surface area contributed by atoms with E-state index < -0.39 is 11.0 Å². The van der Waals surface area contributed by atoms with Crippen LogP contribution in [0, 0.1) is 5.92 Å². The molecule has 0 unspecified atom stereocenters. The first kappa shape index (κ1) is 25.5. The number of amides is 1. The standard InChI is InChI=1S/C28H33BrN2O4S/c1-19(32)35-28-10-9-23(30-26(34)8-7-25-14-22(29)17-36-25)15-27(28,21-3-2-4-24(33)13-21)11-12-31(18-28)16-20-5-6-20/h2-4,7-8,13-14,17,20,23,33H,5-6,9-12,15-16,18H2,1H3,(H,30,34)/t23-,27-,28-/m0/s1. The first-order valence-corrected chi connectivity index (χ1v) is 14.4. The molecular weight excluding hydrogens is 540 g/mol. The molecule has 2 aromatic rings. The van der Waals surface area contributed by atoms with Crippen LogP contribution >= 0.6 is 27.3 Å². The summed E-state index contributed by atoms with van der Waals surface area (Å²) in [5.41, 5.74) is -0.205. The molecular formula is C28H33BrN2O4S. The van der Waals surface area contributed by atoms with Crippen molar-refractivity contribution in [2.24, 2.45) is 5.92 Å². The summed E-state index contributed by atoms with van der Waals surface area (Å²) in [6, 6.07) is 9.30. The molecule has 0 spiro atoms. The topological polar surface area (TPSA) is 78.9 Å². The average Bonchev–Trinajstić information content (AvgIpc) is 3.55. The van der Waals surface area contributed by atoms with Gasteiger partial charge in [-0.1, -0.05) is 12.1 Å². The molecule has 3 aliphatic rings. The number of nitrogens with one attached hydrogen (secondary N) is 1. The molecule has 1 aromatic carbocycles. The smallest absolute Gasteiger partial charge is 0.303 e. The number of benzene rings is 1. The van der Waals surface area contributed by atoms with E-state index in [9.17, 15) is 14.7 Å². The highest BCUT2D eigenvalue weighted by Gasteiger charge is 2.61. The number of thiophene rings is 1. The number of likely N-dealkylation sites (tertiary alicyclic amines) is 1. The van der Waals surface area contributed by atoms with Crippen LogP contribution in [0.5, 0.6) is 5.75 Å². The fourth-order valence-corrected chi connectivity index (χ4v) is 7.59. The molecule has 1 aromatic heterocycles. The third-order valence-corrected chi connectivity index (χ3v) is 9.64. The molecule has 8 heteroatoms. The van der Waals surface area contributed by atoms with Gasteiger partial charge in [-0.3, -0.25) is 14.5 Å². The molecule has 5 rings (SSSR count). The lowest BCUT2D eigenvalue weighted by Crippen LogP contribution is -2.68. The first-order chi connectivity index (χ1) is 17.3. The van der Waals surface area contributed by atoms with Gasteiger partial charge in [0.05, 0.1) is 0 Å². The van der Waals surface area contributed by atoms with Crippen LogP contribution in [-0.4, -0.2) is 53.2 Å². The minimum atomic E-state index is -0.694. The van der Waals surface area contributed by atoms with Gasteiger partial charge in [0.2, 0.25) is 5.91 Å². The molecule has 0 bridgehead atoms. The van der Waals surface area contributed by atoms with Crippen LogP contribution < -0.4 is 5.32 Å². The largest absolute Gasteiger partial charge is 0.508 e. The number of phenolic OH excluding ortho intramolecular Hbond substituents is 1. The van der Waals surface area contributed by atoms with Crippen molar-refractivity contribution in [3.8, 4) is 5.75 Å². The Kier molecular flexibility index (Phi) is 7.30. The van der Waals surface area contributed by atoms with Crippen LogP contribution in [0.25, 0.3) is 6.08 Å². The Morgan fingerprint density at radius 2 is 2.11 bits per heavy atom. The molecule has 1 saturated heterocycles. The number of halogens is 1. The number of hydrogen-bond donors (Lipinski definition) is 2. The lowest BCUT2D eigenvalue weighted by molar-refractivity contribution is -0.187. The maximum Gasteiger partial charge on any atom is 0.303 e. The van der Waals surface area contributed by atoms with Crippen molar-refractivity contribution in [1.29, 1.82) is 0 Å². The predicted octanol–water partition coefficient (Wildman–Crippen LogP) is 5.25. The number of ether oxygens (including phenoxy) is 1. The summed E-state index contributed by atoms with van der Waals surface area (Å²) >= 11 is 5.02. The van der Waals surface area contributed by atoms with Gasteiger partial charge in [0.1, 0.15) is 11.4 Å². The van der Waals surface area contributed by atoms with E-state index in [0.717, 1.165) is 46.8 Å². The number of fused-ring (bicyclic) bond motifs is 1. The summed E-state index contributed by atoms with van der Waals surface area (Å²) in [5.74, 6) is 0.552. The highest BCUT2D eigenvalue weighted by atomic mass is 79.9. The van der Waals surface area contributed by atoms with Crippen molar-refractivity contribution in [3.05, 3.63) is 56.7 Å². The van der Waals surface area contributed by atoms with Gasteiger partial charge in [-0.05, 0) is 96.8 Å². The minimum absolute atomic E-state index is 0.0572. The Hall–Kier alpha value is -2.16. The normalized spacial score (nSPS) is 28.6. The summed E-state index contributed by atoms with van der Waals surface area (Å²) in [4.78, 5) is 28.8. The van der Waals surface area contributed by atoms with E-state index in [0.29, 0.717) is 19.4 Å². The molecule has 6 nitrogen and oxygen atoms in total. The fourth-order valence-electron chi connectivity index (χ4n) is 6.26. The van der Waals surface area contributed by atoms with Gasteiger partial charge in [-0.2, -0.15) is 0 Å². The number of aromatic hydroxyl groups is 1. The van der Waals surface area contributed by atoms with Crippen LogP contribution in [0.1, 0.15) is 55.9 Å². The number of carbonyl (C=O) groups excluding carboxylic acids is 2. The highest BCUT2D eigenvalue weighted by molar-refractivity contribution is 9.10. The quantitative estimate of drug-likeness (QED) is 0.350. The van der Waals surface area contributed by atoms with E-state index in [1.807, 2.05) is 35.7 Å². The second kappa shape index (κ2) is 10.3. The zero-order chi connectivity index (χ0) is 25.3. The number of nitrogens with zero attached hydrogens (tertiary/aromatic N) is 1. The number of rotatable bonds is 7. The van der Waals surface area contributed by atoms with Gasteiger partial charge in [-0.15, -0.1) is 11.3 Å². The monoisotopic (exact) mass is 572 g/mol. The lowest BCUT2D eigenvalue weighted by Gasteiger charge is -2.59. The third-order valence-electron chi connectivity index (χ3n) is 7.98. The molecule has 3 atom stereocenters. The fraction of sp³-hybridized carbons (Fsp3) is 0.500. The van der Waals surface area contributed by atoms with Crippen LogP contribution in [0.3, 0.4) is 0 Å². The van der Waals surface area contributed by atoms with Crippen molar-refractivity contribution in [2.45, 2.75) is 62.5 Å². The van der Waals surface area contributed by atoms with Crippen molar-refractivity contribution >= 4 is 45.2 Å². The number of esters is 1. The zero-order valence-electron chi connectivity index (χ0n) is 20.5. The Balaban J connectivity index is 1.42. The SMILES string of the molecule is CC(=O)O[C@]12CC[C@H](NC(=O)C=Cc3cc(Br)cs3)C[C@]1(c1cccc(O)c1)CCN(CC1CC1)C2. The molecule has 2 N–H and O–H groups in total. The van der Waals surface area contributed by atoms with E-state index in [1.165, 1.54) is 19.8 Å². The van der Waals surface area contributed by atoms with Crippen molar-refractivity contribution in [1.82, 2.24) is 10.2 Å². The van der Waals surface area contributed by atoms with Crippen LogP contribution in [0.2, 0.25) is 0 Å². The summed E-state index contributed by atoms with van der Waals surface area (Å²) in [5, 5.41) is 15.6. The van der Waals surface area contributed by atoms with Gasteiger partial charge in [0, 0.05) is 52.3 Å². The molecule has 2 heterocycles. The molecule has 2 aliphatic carbocycles. The van der Waals surface area contributed by atoms with Gasteiger partial charge >= 0.3 is 5.97 Å². The van der Waals surface area contributed by atoms with E-state index >= 15 is 0 Å². The maximum absolute atomic E-state index is 12.8. The summed E-state index contributed by atoms with van der Waals surface area (Å²) in [6.45, 7) is 4.13. The summed E-state index contributed by atoms with van der Waals surface area (Å²) in [7, 11) is 0. The van der Waals surface area contributed by atoms with E-state index in [2.05, 4.69) is 26.1 Å². The molecule has 0 radical (unpaired) electrons. The predicted molar refractivity (Wildman–Crippen MR) is 145 cm³/mol. The second-order valence-electron chi connectivity index (χ2n) is 10.6. The van der Waals surface area contributed by atoms with Crippen LogP contribution in [0.15, 0.2) is 46.3 Å². The van der Waals surface area contributed by atoms with E-state index in [4.69, 9.17) is 4.74 Å². The maximum atomic E-state index is 12.8. The average molecular weight is 574 g/mol. The molecule has 36 heavy (non-hydrogen) atoms. The summed E-state index contributed by atoms with van der Waals surface area (Å²) < 4.78 is 7.28. The Morgan fingerprint density at radius 1 is 1.28 bits per heavy atom. The molecule has 192 valence electrons. The minimum Gasteiger partial charge on any atom is -0.508 e. The highest BCUT2D eigenvalue weighted by Crippen LogP contribution is 2.54. The van der Waals surface area contributed by atoms with Crippen LogP contribution in [0.4, 0.5) is 0 Å². The Bertz CT molecular complexity index is 1160. The Morgan fingerprint density at radius 3 is 2.81 bits per heavy atom. The molecule has 3 fully saturated rings. The number of hydrogen-bond acceptors (Lipinski definition) is 6. The van der Waals surface area contributed by atoms with Gasteiger partial charge < -0.3 is 15.2 Å². The van der Waals surface area contributed by atoms with Gasteiger partial charge in [0.25, 0.3) is 0 Å².